The van der Waals surface area contributed by atoms with Crippen LogP contribution in [0.5, 0.6) is 0 Å². The molecular formula is C22H17F3N8O. The first-order valence-electron chi connectivity index (χ1n) is 10.0. The van der Waals surface area contributed by atoms with Gasteiger partial charge in [-0.05, 0) is 30.7 Å². The monoisotopic (exact) mass is 466 g/mol. The number of aromatic nitrogens is 4. The lowest BCUT2D eigenvalue weighted by Crippen LogP contribution is -2.29. The van der Waals surface area contributed by atoms with Gasteiger partial charge in [0.1, 0.15) is 46.2 Å². The first-order valence-corrected chi connectivity index (χ1v) is 10.0. The van der Waals surface area contributed by atoms with E-state index in [4.69, 9.17) is 11.5 Å². The second kappa shape index (κ2) is 8.70. The standard InChI is InChI=1S/C22H17F3N8O/c1-2-16(29-19-14(9-26)18(27)31-22(28)32-19)20-30-17-13(4-3-5-15(17)25)21(34)33(20)12-7-10(23)6-11(24)8-12/h3-8,16H,2H2,1H3,(H5,27,28,29,31,32). The molecule has 0 saturated carbocycles. The molecule has 0 radical (unpaired) electrons. The second-order valence-electron chi connectivity index (χ2n) is 7.28. The average molecular weight is 466 g/mol. The highest BCUT2D eigenvalue weighted by atomic mass is 19.1. The van der Waals surface area contributed by atoms with Gasteiger partial charge in [0.2, 0.25) is 5.95 Å². The van der Waals surface area contributed by atoms with E-state index in [0.717, 1.165) is 22.8 Å². The fourth-order valence-electron chi connectivity index (χ4n) is 3.57. The minimum absolute atomic E-state index is 0.0424. The Bertz CT molecular complexity index is 1510. The number of para-hydroxylation sites is 1. The van der Waals surface area contributed by atoms with Gasteiger partial charge in [-0.15, -0.1) is 0 Å². The van der Waals surface area contributed by atoms with Crippen molar-refractivity contribution in [2.45, 2.75) is 19.4 Å². The van der Waals surface area contributed by atoms with Crippen molar-refractivity contribution < 1.29 is 13.2 Å². The minimum Gasteiger partial charge on any atom is -0.382 e. The molecule has 0 bridgehead atoms. The normalized spacial score (nSPS) is 11.9. The summed E-state index contributed by atoms with van der Waals surface area (Å²) < 4.78 is 43.6. The molecule has 34 heavy (non-hydrogen) atoms. The Morgan fingerprint density at radius 2 is 1.82 bits per heavy atom. The number of nitrogens with two attached hydrogens (primary N) is 2. The number of rotatable bonds is 5. The van der Waals surface area contributed by atoms with Crippen molar-refractivity contribution in [3.8, 4) is 11.8 Å². The van der Waals surface area contributed by atoms with E-state index in [2.05, 4.69) is 20.3 Å². The molecule has 2 aromatic carbocycles. The lowest BCUT2D eigenvalue weighted by molar-refractivity contribution is 0.578. The Morgan fingerprint density at radius 3 is 2.47 bits per heavy atom. The molecule has 0 saturated heterocycles. The third kappa shape index (κ3) is 3.95. The van der Waals surface area contributed by atoms with Gasteiger partial charge in [0.15, 0.2) is 5.82 Å². The third-order valence-corrected chi connectivity index (χ3v) is 5.08. The molecular weight excluding hydrogens is 449 g/mol. The summed E-state index contributed by atoms with van der Waals surface area (Å²) >= 11 is 0. The number of nitrogens with zero attached hydrogens (tertiary/aromatic N) is 5. The predicted octanol–water partition coefficient (Wildman–Crippen LogP) is 3.19. The SMILES string of the molecule is CCC(Nc1nc(N)nc(N)c1C#N)c1nc2c(F)cccc2c(=O)n1-c1cc(F)cc(F)c1. The van der Waals surface area contributed by atoms with Gasteiger partial charge < -0.3 is 16.8 Å². The van der Waals surface area contributed by atoms with E-state index in [0.29, 0.717) is 6.07 Å². The Hall–Kier alpha value is -4.66. The smallest absolute Gasteiger partial charge is 0.266 e. The summed E-state index contributed by atoms with van der Waals surface area (Å²) in [6, 6.07) is 7.37. The van der Waals surface area contributed by atoms with E-state index in [9.17, 15) is 23.2 Å². The van der Waals surface area contributed by atoms with Gasteiger partial charge in [-0.1, -0.05) is 13.0 Å². The highest BCUT2D eigenvalue weighted by molar-refractivity contribution is 5.78. The summed E-state index contributed by atoms with van der Waals surface area (Å²) in [6.07, 6.45) is 0.235. The maximum atomic E-state index is 14.6. The van der Waals surface area contributed by atoms with Crippen LogP contribution in [0.3, 0.4) is 0 Å². The molecule has 1 atom stereocenters. The van der Waals surface area contributed by atoms with Crippen molar-refractivity contribution in [3.05, 3.63) is 75.6 Å². The number of hydrogen-bond donors (Lipinski definition) is 3. The summed E-state index contributed by atoms with van der Waals surface area (Å²) in [5, 5.41) is 12.3. The number of anilines is 3. The molecule has 1 unspecified atom stereocenters. The Balaban J connectivity index is 2.01. The Morgan fingerprint density at radius 1 is 1.12 bits per heavy atom. The maximum absolute atomic E-state index is 14.6. The van der Waals surface area contributed by atoms with Gasteiger partial charge in [-0.3, -0.25) is 9.36 Å². The van der Waals surface area contributed by atoms with Crippen molar-refractivity contribution in [3.63, 3.8) is 0 Å². The van der Waals surface area contributed by atoms with Crippen LogP contribution in [0, 0.1) is 28.8 Å². The van der Waals surface area contributed by atoms with Gasteiger partial charge >= 0.3 is 0 Å². The molecule has 0 spiro atoms. The summed E-state index contributed by atoms with van der Waals surface area (Å²) in [6.45, 7) is 1.71. The Kier molecular flexibility index (Phi) is 5.77. The third-order valence-electron chi connectivity index (χ3n) is 5.08. The average Bonchev–Trinajstić information content (AvgIpc) is 2.77. The summed E-state index contributed by atoms with van der Waals surface area (Å²) in [4.78, 5) is 25.5. The quantitative estimate of drug-likeness (QED) is 0.406. The Labute approximate surface area is 190 Å². The minimum atomic E-state index is -0.920. The number of nitriles is 1. The van der Waals surface area contributed by atoms with Crippen LogP contribution in [0.1, 0.15) is 30.8 Å². The zero-order valence-corrected chi connectivity index (χ0v) is 17.7. The van der Waals surface area contributed by atoms with Crippen LogP contribution in [-0.2, 0) is 0 Å². The molecule has 5 N–H and O–H groups in total. The second-order valence-corrected chi connectivity index (χ2v) is 7.28. The molecule has 172 valence electrons. The van der Waals surface area contributed by atoms with E-state index < -0.39 is 29.1 Å². The number of halogens is 3. The lowest BCUT2D eigenvalue weighted by atomic mass is 10.1. The van der Waals surface area contributed by atoms with Crippen molar-refractivity contribution in [1.82, 2.24) is 19.5 Å². The predicted molar refractivity (Wildman–Crippen MR) is 119 cm³/mol. The number of fused-ring (bicyclic) bond motifs is 1. The zero-order chi connectivity index (χ0) is 24.6. The van der Waals surface area contributed by atoms with Gasteiger partial charge in [-0.2, -0.15) is 15.2 Å². The zero-order valence-electron chi connectivity index (χ0n) is 17.7. The molecule has 4 aromatic rings. The fraction of sp³-hybridized carbons (Fsp3) is 0.136. The van der Waals surface area contributed by atoms with Crippen LogP contribution >= 0.6 is 0 Å². The van der Waals surface area contributed by atoms with Crippen molar-refractivity contribution in [1.29, 1.82) is 5.26 Å². The van der Waals surface area contributed by atoms with Gasteiger partial charge in [0.05, 0.1) is 17.1 Å². The van der Waals surface area contributed by atoms with E-state index >= 15 is 0 Å². The summed E-state index contributed by atoms with van der Waals surface area (Å²) in [5.74, 6) is -3.09. The molecule has 0 amide bonds. The maximum Gasteiger partial charge on any atom is 0.266 e. The molecule has 0 aliphatic heterocycles. The van der Waals surface area contributed by atoms with Crippen LogP contribution in [-0.4, -0.2) is 19.5 Å². The highest BCUT2D eigenvalue weighted by Gasteiger charge is 2.24. The molecule has 2 heterocycles. The van der Waals surface area contributed by atoms with Crippen LogP contribution in [0.25, 0.3) is 16.6 Å². The topological polar surface area (TPSA) is 149 Å². The van der Waals surface area contributed by atoms with Gasteiger partial charge in [0.25, 0.3) is 5.56 Å². The molecule has 4 rings (SSSR count). The van der Waals surface area contributed by atoms with E-state index in [1.54, 1.807) is 6.92 Å². The summed E-state index contributed by atoms with van der Waals surface area (Å²) in [5.41, 5.74) is 10.2. The van der Waals surface area contributed by atoms with Gasteiger partial charge in [-0.25, -0.2) is 18.2 Å². The molecule has 12 heteroatoms. The van der Waals surface area contributed by atoms with Gasteiger partial charge in [0, 0.05) is 6.07 Å². The number of hydrogen-bond acceptors (Lipinski definition) is 8. The number of benzene rings is 2. The molecule has 0 fully saturated rings. The molecule has 2 aromatic heterocycles. The number of nitrogen functional groups attached to an aromatic ring is 2. The van der Waals surface area contributed by atoms with E-state index in [-0.39, 0.29) is 52.0 Å². The highest BCUT2D eigenvalue weighted by Crippen LogP contribution is 2.28. The molecule has 9 nitrogen and oxygen atoms in total. The lowest BCUT2D eigenvalue weighted by Gasteiger charge is -2.23. The van der Waals surface area contributed by atoms with E-state index in [1.165, 1.54) is 12.1 Å². The fourth-order valence-corrected chi connectivity index (χ4v) is 3.57. The van der Waals surface area contributed by atoms with Crippen LogP contribution in [0.4, 0.5) is 30.8 Å². The van der Waals surface area contributed by atoms with Crippen molar-refractivity contribution >= 4 is 28.5 Å². The first-order chi connectivity index (χ1) is 16.2. The largest absolute Gasteiger partial charge is 0.382 e. The first kappa shape index (κ1) is 22.5. The van der Waals surface area contributed by atoms with Crippen LogP contribution < -0.4 is 22.3 Å². The van der Waals surface area contributed by atoms with E-state index in [1.807, 2.05) is 6.07 Å². The number of nitrogens with one attached hydrogen (secondary N) is 1. The molecule has 0 aliphatic rings. The van der Waals surface area contributed by atoms with Crippen LogP contribution in [0.2, 0.25) is 0 Å². The summed E-state index contributed by atoms with van der Waals surface area (Å²) in [7, 11) is 0. The molecule has 0 aliphatic carbocycles. The van der Waals surface area contributed by atoms with Crippen LogP contribution in [0.15, 0.2) is 41.2 Å². The van der Waals surface area contributed by atoms with Crippen molar-refractivity contribution in [2.24, 2.45) is 0 Å². The van der Waals surface area contributed by atoms with Crippen molar-refractivity contribution in [2.75, 3.05) is 16.8 Å².